The molecule has 3 rings (SSSR count). The lowest BCUT2D eigenvalue weighted by atomic mass is 10.2. The van der Waals surface area contributed by atoms with Gasteiger partial charge in [0.05, 0.1) is 26.7 Å². The van der Waals surface area contributed by atoms with Crippen LogP contribution in [-0.4, -0.2) is 40.1 Å². The summed E-state index contributed by atoms with van der Waals surface area (Å²) in [6.07, 6.45) is 1.79. The molecule has 0 aliphatic carbocycles. The van der Waals surface area contributed by atoms with Gasteiger partial charge < -0.3 is 10.1 Å². The molecule has 1 aliphatic heterocycles. The van der Waals surface area contributed by atoms with E-state index >= 15 is 0 Å². The molecule has 29 heavy (non-hydrogen) atoms. The Morgan fingerprint density at radius 1 is 1.17 bits per heavy atom. The summed E-state index contributed by atoms with van der Waals surface area (Å²) >= 11 is 12.1. The third-order valence-electron chi connectivity index (χ3n) is 4.64. The van der Waals surface area contributed by atoms with Crippen molar-refractivity contribution in [2.45, 2.75) is 30.8 Å². The lowest BCUT2D eigenvalue weighted by Crippen LogP contribution is -2.42. The third-order valence-corrected chi connectivity index (χ3v) is 7.17. The Bertz CT molecular complexity index is 974. The molecular formula is C20H22Cl2N2O4S. The van der Waals surface area contributed by atoms with E-state index in [4.69, 9.17) is 27.9 Å². The van der Waals surface area contributed by atoms with Crippen molar-refractivity contribution in [3.05, 3.63) is 58.1 Å². The van der Waals surface area contributed by atoms with Gasteiger partial charge in [0.2, 0.25) is 5.91 Å². The second kappa shape index (κ2) is 9.34. The fraction of sp³-hybridized carbons (Fsp3) is 0.350. The topological polar surface area (TPSA) is 75.7 Å². The van der Waals surface area contributed by atoms with Crippen molar-refractivity contribution in [3.63, 3.8) is 0 Å². The molecule has 0 bridgehead atoms. The average molecular weight is 457 g/mol. The summed E-state index contributed by atoms with van der Waals surface area (Å²) in [7, 11) is -3.99. The molecule has 1 saturated heterocycles. The van der Waals surface area contributed by atoms with Gasteiger partial charge in [-0.15, -0.1) is 0 Å². The molecule has 1 atom stereocenters. The van der Waals surface area contributed by atoms with E-state index in [0.717, 1.165) is 22.7 Å². The fourth-order valence-corrected chi connectivity index (χ4v) is 4.72. The molecule has 1 unspecified atom stereocenters. The van der Waals surface area contributed by atoms with E-state index in [2.05, 4.69) is 5.32 Å². The van der Waals surface area contributed by atoms with Gasteiger partial charge >= 0.3 is 0 Å². The van der Waals surface area contributed by atoms with Gasteiger partial charge in [-0.05, 0) is 50.1 Å². The Labute approximate surface area is 180 Å². The second-order valence-corrected chi connectivity index (χ2v) is 9.54. The zero-order valence-electron chi connectivity index (χ0n) is 15.9. The molecule has 2 aromatic rings. The van der Waals surface area contributed by atoms with E-state index in [1.54, 1.807) is 12.1 Å². The molecule has 1 heterocycles. The number of ether oxygens (including phenoxy) is 1. The maximum atomic E-state index is 13.3. The minimum absolute atomic E-state index is 0.0360. The van der Waals surface area contributed by atoms with Gasteiger partial charge in [0.25, 0.3) is 10.0 Å². The van der Waals surface area contributed by atoms with Crippen molar-refractivity contribution in [2.24, 2.45) is 0 Å². The maximum Gasteiger partial charge on any atom is 0.264 e. The summed E-state index contributed by atoms with van der Waals surface area (Å²) < 4.78 is 33.1. The first kappa shape index (κ1) is 21.9. The highest BCUT2D eigenvalue weighted by atomic mass is 35.5. The number of hydrogen-bond acceptors (Lipinski definition) is 4. The van der Waals surface area contributed by atoms with Gasteiger partial charge in [-0.3, -0.25) is 9.10 Å². The standard InChI is InChI=1S/C20H22Cl2N2O4S/c1-14-4-7-17(8-5-14)29(26,27)24(15-6-9-18(21)19(22)11-15)13-20(25)23-12-16-3-2-10-28-16/h4-9,11,16H,2-3,10,12-13H2,1H3,(H,23,25). The number of anilines is 1. The average Bonchev–Trinajstić information content (AvgIpc) is 3.21. The summed E-state index contributed by atoms with van der Waals surface area (Å²) in [5.41, 5.74) is 1.19. The Kier molecular flexibility index (Phi) is 7.05. The minimum atomic E-state index is -3.99. The molecule has 1 amide bonds. The molecule has 156 valence electrons. The number of aryl methyl sites for hydroxylation is 1. The Morgan fingerprint density at radius 3 is 2.52 bits per heavy atom. The van der Waals surface area contributed by atoms with Crippen molar-refractivity contribution < 1.29 is 17.9 Å². The Morgan fingerprint density at radius 2 is 1.90 bits per heavy atom. The quantitative estimate of drug-likeness (QED) is 0.687. The van der Waals surface area contributed by atoms with Crippen molar-refractivity contribution >= 4 is 44.8 Å². The van der Waals surface area contributed by atoms with Crippen LogP contribution in [0.3, 0.4) is 0 Å². The van der Waals surface area contributed by atoms with E-state index in [-0.39, 0.29) is 28.3 Å². The zero-order chi connectivity index (χ0) is 21.0. The lowest BCUT2D eigenvalue weighted by molar-refractivity contribution is -0.120. The molecule has 6 nitrogen and oxygen atoms in total. The van der Waals surface area contributed by atoms with E-state index in [9.17, 15) is 13.2 Å². The molecule has 0 radical (unpaired) electrons. The lowest BCUT2D eigenvalue weighted by Gasteiger charge is -2.25. The van der Waals surface area contributed by atoms with Crippen LogP contribution in [0.1, 0.15) is 18.4 Å². The molecule has 2 aromatic carbocycles. The van der Waals surface area contributed by atoms with Crippen LogP contribution in [-0.2, 0) is 19.6 Å². The summed E-state index contributed by atoms with van der Waals surface area (Å²) in [6, 6.07) is 10.9. The number of benzene rings is 2. The monoisotopic (exact) mass is 456 g/mol. The molecule has 9 heteroatoms. The number of carbonyl (C=O) groups excluding carboxylic acids is 1. The normalized spacial score (nSPS) is 16.6. The highest BCUT2D eigenvalue weighted by Gasteiger charge is 2.28. The van der Waals surface area contributed by atoms with Crippen LogP contribution in [0.25, 0.3) is 0 Å². The van der Waals surface area contributed by atoms with Crippen LogP contribution in [0.4, 0.5) is 5.69 Å². The molecule has 0 saturated carbocycles. The van der Waals surface area contributed by atoms with Crippen LogP contribution in [0.15, 0.2) is 47.4 Å². The number of sulfonamides is 1. The Hall–Kier alpha value is -1.80. The number of nitrogens with one attached hydrogen (secondary N) is 1. The van der Waals surface area contributed by atoms with Crippen molar-refractivity contribution in [1.82, 2.24) is 5.32 Å². The van der Waals surface area contributed by atoms with Gasteiger partial charge in [0.1, 0.15) is 6.54 Å². The van der Waals surface area contributed by atoms with Crippen molar-refractivity contribution in [1.29, 1.82) is 0 Å². The third kappa shape index (κ3) is 5.42. The molecule has 0 aromatic heterocycles. The van der Waals surface area contributed by atoms with E-state index < -0.39 is 15.9 Å². The molecular weight excluding hydrogens is 435 g/mol. The smallest absolute Gasteiger partial charge is 0.264 e. The summed E-state index contributed by atoms with van der Waals surface area (Å²) in [5, 5.41) is 3.25. The minimum Gasteiger partial charge on any atom is -0.376 e. The summed E-state index contributed by atoms with van der Waals surface area (Å²) in [4.78, 5) is 12.6. The molecule has 0 spiro atoms. The van der Waals surface area contributed by atoms with Gasteiger partial charge in [-0.1, -0.05) is 40.9 Å². The van der Waals surface area contributed by atoms with Crippen molar-refractivity contribution in [3.8, 4) is 0 Å². The van der Waals surface area contributed by atoms with Gasteiger partial charge in [-0.25, -0.2) is 8.42 Å². The largest absolute Gasteiger partial charge is 0.376 e. The van der Waals surface area contributed by atoms with Crippen LogP contribution in [0.5, 0.6) is 0 Å². The second-order valence-electron chi connectivity index (χ2n) is 6.86. The van der Waals surface area contributed by atoms with E-state index in [0.29, 0.717) is 18.2 Å². The molecule has 1 fully saturated rings. The number of carbonyl (C=O) groups is 1. The Balaban J connectivity index is 1.87. The fourth-order valence-electron chi connectivity index (χ4n) is 3.01. The van der Waals surface area contributed by atoms with E-state index in [1.165, 1.54) is 30.3 Å². The maximum absolute atomic E-state index is 13.3. The van der Waals surface area contributed by atoms with Gasteiger partial charge in [-0.2, -0.15) is 0 Å². The number of hydrogen-bond donors (Lipinski definition) is 1. The molecule has 1 N–H and O–H groups in total. The first-order chi connectivity index (χ1) is 13.8. The van der Waals surface area contributed by atoms with Gasteiger partial charge in [0.15, 0.2) is 0 Å². The number of nitrogens with zero attached hydrogens (tertiary/aromatic N) is 1. The predicted octanol–water partition coefficient (Wildman–Crippen LogP) is 3.79. The van der Waals surface area contributed by atoms with Crippen LogP contribution >= 0.6 is 23.2 Å². The summed E-state index contributed by atoms with van der Waals surface area (Å²) in [6.45, 7) is 2.50. The summed E-state index contributed by atoms with van der Waals surface area (Å²) in [5.74, 6) is -0.428. The number of halogens is 2. The predicted molar refractivity (Wildman–Crippen MR) is 114 cm³/mol. The first-order valence-electron chi connectivity index (χ1n) is 9.20. The van der Waals surface area contributed by atoms with Crippen LogP contribution < -0.4 is 9.62 Å². The zero-order valence-corrected chi connectivity index (χ0v) is 18.2. The SMILES string of the molecule is Cc1ccc(S(=O)(=O)N(CC(=O)NCC2CCCO2)c2ccc(Cl)c(Cl)c2)cc1. The van der Waals surface area contributed by atoms with Crippen molar-refractivity contribution in [2.75, 3.05) is 24.0 Å². The number of rotatable bonds is 7. The highest BCUT2D eigenvalue weighted by Crippen LogP contribution is 2.30. The van der Waals surface area contributed by atoms with Crippen LogP contribution in [0, 0.1) is 6.92 Å². The first-order valence-corrected chi connectivity index (χ1v) is 11.4. The van der Waals surface area contributed by atoms with Gasteiger partial charge in [0, 0.05) is 13.2 Å². The van der Waals surface area contributed by atoms with E-state index in [1.807, 2.05) is 6.92 Å². The number of amides is 1. The van der Waals surface area contributed by atoms with Crippen LogP contribution in [0.2, 0.25) is 10.0 Å². The highest BCUT2D eigenvalue weighted by molar-refractivity contribution is 7.92. The molecule has 1 aliphatic rings.